The highest BCUT2D eigenvalue weighted by Crippen LogP contribution is 2.13. The van der Waals surface area contributed by atoms with Crippen LogP contribution in [0.4, 0.5) is 4.39 Å². The van der Waals surface area contributed by atoms with Crippen molar-refractivity contribution in [3.8, 4) is 0 Å². The first-order valence-electron chi connectivity index (χ1n) is 3.45. The Morgan fingerprint density at radius 1 is 1.73 bits per heavy atom. The Kier molecular flexibility index (Phi) is 6.31. The van der Waals surface area contributed by atoms with Crippen molar-refractivity contribution in [2.45, 2.75) is 18.6 Å². The molecule has 0 aromatic carbocycles. The van der Waals surface area contributed by atoms with Gasteiger partial charge in [0.25, 0.3) is 0 Å². The molecule has 0 radical (unpaired) electrons. The van der Waals surface area contributed by atoms with Crippen LogP contribution in [0.2, 0.25) is 0 Å². The second-order valence-electron chi connectivity index (χ2n) is 2.15. The van der Waals surface area contributed by atoms with E-state index in [0.29, 0.717) is 12.2 Å². The van der Waals surface area contributed by atoms with E-state index in [4.69, 9.17) is 0 Å². The summed E-state index contributed by atoms with van der Waals surface area (Å²) < 4.78 is 16.1. The van der Waals surface area contributed by atoms with E-state index in [2.05, 4.69) is 4.74 Å². The average Bonchev–Trinajstić information content (AvgIpc) is 2.00. The molecule has 11 heavy (non-hydrogen) atoms. The zero-order valence-corrected chi connectivity index (χ0v) is 7.62. The lowest BCUT2D eigenvalue weighted by molar-refractivity contribution is -0.140. The van der Waals surface area contributed by atoms with Crippen LogP contribution in [-0.4, -0.2) is 30.8 Å². The van der Waals surface area contributed by atoms with Crippen LogP contribution < -0.4 is 0 Å². The lowest BCUT2D eigenvalue weighted by atomic mass is 10.3. The van der Waals surface area contributed by atoms with Crippen LogP contribution in [0.1, 0.15) is 13.3 Å². The summed E-state index contributed by atoms with van der Waals surface area (Å²) in [7, 11) is 1.36. The molecular weight excluding hydrogens is 167 g/mol. The summed E-state index contributed by atoms with van der Waals surface area (Å²) in [4.78, 5) is 10.7. The summed E-state index contributed by atoms with van der Waals surface area (Å²) >= 11 is 1.44. The summed E-state index contributed by atoms with van der Waals surface area (Å²) in [5.41, 5.74) is 0. The van der Waals surface area contributed by atoms with Gasteiger partial charge in [-0.1, -0.05) is 6.92 Å². The van der Waals surface area contributed by atoms with Crippen molar-refractivity contribution in [3.05, 3.63) is 0 Å². The number of esters is 1. The molecule has 0 rings (SSSR count). The first-order chi connectivity index (χ1) is 5.20. The first-order valence-corrected chi connectivity index (χ1v) is 4.50. The zero-order valence-electron chi connectivity index (χ0n) is 6.80. The number of hydrogen-bond acceptors (Lipinski definition) is 3. The van der Waals surface area contributed by atoms with Crippen molar-refractivity contribution >= 4 is 17.7 Å². The third-order valence-corrected chi connectivity index (χ3v) is 2.29. The van der Waals surface area contributed by atoms with E-state index in [0.717, 1.165) is 0 Å². The molecule has 0 bridgehead atoms. The van der Waals surface area contributed by atoms with Crippen LogP contribution in [0.15, 0.2) is 0 Å². The minimum absolute atomic E-state index is 0.151. The van der Waals surface area contributed by atoms with Gasteiger partial charge in [-0.2, -0.15) is 11.8 Å². The fourth-order valence-corrected chi connectivity index (χ4v) is 1.37. The molecule has 0 heterocycles. The minimum atomic E-state index is -0.337. The summed E-state index contributed by atoms with van der Waals surface area (Å²) in [5, 5.41) is 0.151. The molecular formula is C7H13FO2S. The molecule has 0 N–H and O–H groups in total. The largest absolute Gasteiger partial charge is 0.469 e. The Morgan fingerprint density at radius 3 is 2.82 bits per heavy atom. The molecule has 2 nitrogen and oxygen atoms in total. The second-order valence-corrected chi connectivity index (χ2v) is 3.70. The molecule has 0 fully saturated rings. The lowest BCUT2D eigenvalue weighted by Gasteiger charge is -2.07. The first kappa shape index (κ1) is 10.8. The molecule has 0 amide bonds. The molecule has 0 spiro atoms. The second kappa shape index (κ2) is 6.46. The lowest BCUT2D eigenvalue weighted by Crippen LogP contribution is -2.09. The summed E-state index contributed by atoms with van der Waals surface area (Å²) in [6.07, 6.45) is 0.362. The van der Waals surface area contributed by atoms with Crippen LogP contribution in [0, 0.1) is 0 Å². The van der Waals surface area contributed by atoms with E-state index >= 15 is 0 Å². The number of methoxy groups -OCH3 is 1. The number of rotatable bonds is 5. The smallest absolute Gasteiger partial charge is 0.306 e. The third kappa shape index (κ3) is 6.16. The van der Waals surface area contributed by atoms with Crippen molar-refractivity contribution in [1.82, 2.24) is 0 Å². The van der Waals surface area contributed by atoms with Crippen LogP contribution in [0.5, 0.6) is 0 Å². The van der Waals surface area contributed by atoms with Gasteiger partial charge >= 0.3 is 5.97 Å². The number of thioether (sulfide) groups is 1. The zero-order chi connectivity index (χ0) is 8.69. The van der Waals surface area contributed by atoms with Gasteiger partial charge < -0.3 is 4.74 Å². The fourth-order valence-electron chi connectivity index (χ4n) is 0.623. The van der Waals surface area contributed by atoms with E-state index < -0.39 is 0 Å². The van der Waals surface area contributed by atoms with Crippen molar-refractivity contribution < 1.29 is 13.9 Å². The Morgan fingerprint density at radius 2 is 2.36 bits per heavy atom. The van der Waals surface area contributed by atoms with Gasteiger partial charge in [-0.25, -0.2) is 0 Å². The van der Waals surface area contributed by atoms with Crippen molar-refractivity contribution in [2.75, 3.05) is 19.5 Å². The third-order valence-electron chi connectivity index (χ3n) is 1.16. The Balaban J connectivity index is 3.35. The van der Waals surface area contributed by atoms with Gasteiger partial charge in [0.1, 0.15) is 0 Å². The molecule has 0 aliphatic carbocycles. The maximum Gasteiger partial charge on any atom is 0.306 e. The molecule has 1 unspecified atom stereocenters. The number of hydrogen-bond donors (Lipinski definition) is 0. The predicted molar refractivity (Wildman–Crippen MR) is 44.5 cm³/mol. The molecule has 0 aliphatic rings. The quantitative estimate of drug-likeness (QED) is 0.602. The Bertz CT molecular complexity index is 119. The summed E-state index contributed by atoms with van der Waals surface area (Å²) in [6, 6.07) is 0. The predicted octanol–water partition coefficient (Wildman–Crippen LogP) is 1.64. The van der Waals surface area contributed by atoms with Gasteiger partial charge in [0.05, 0.1) is 20.2 Å². The average molecular weight is 180 g/mol. The SMILES string of the molecule is COC(=O)CC(C)SCCF. The van der Waals surface area contributed by atoms with E-state index in [1.807, 2.05) is 6.92 Å². The van der Waals surface area contributed by atoms with Gasteiger partial charge in [0.15, 0.2) is 0 Å². The van der Waals surface area contributed by atoms with Gasteiger partial charge in [0, 0.05) is 11.0 Å². The highest BCUT2D eigenvalue weighted by atomic mass is 32.2. The van der Waals surface area contributed by atoms with Gasteiger partial charge in [-0.3, -0.25) is 9.18 Å². The maximum absolute atomic E-state index is 11.6. The monoisotopic (exact) mass is 180 g/mol. The van der Waals surface area contributed by atoms with Crippen molar-refractivity contribution in [3.63, 3.8) is 0 Å². The maximum atomic E-state index is 11.6. The number of carbonyl (C=O) groups excluding carboxylic acids is 1. The molecule has 4 heteroatoms. The fraction of sp³-hybridized carbons (Fsp3) is 0.857. The van der Waals surface area contributed by atoms with Crippen LogP contribution >= 0.6 is 11.8 Å². The van der Waals surface area contributed by atoms with Crippen LogP contribution in [-0.2, 0) is 9.53 Å². The number of ether oxygens (including phenoxy) is 1. The van der Waals surface area contributed by atoms with E-state index in [-0.39, 0.29) is 17.9 Å². The van der Waals surface area contributed by atoms with Crippen LogP contribution in [0.3, 0.4) is 0 Å². The molecule has 0 aromatic heterocycles. The highest BCUT2D eigenvalue weighted by Gasteiger charge is 2.08. The van der Waals surface area contributed by atoms with E-state index in [9.17, 15) is 9.18 Å². The molecule has 0 aromatic rings. The van der Waals surface area contributed by atoms with Gasteiger partial charge in [-0.15, -0.1) is 0 Å². The van der Waals surface area contributed by atoms with E-state index in [1.54, 1.807) is 0 Å². The molecule has 66 valence electrons. The van der Waals surface area contributed by atoms with Crippen molar-refractivity contribution in [1.29, 1.82) is 0 Å². The number of alkyl halides is 1. The standard InChI is InChI=1S/C7H13FO2S/c1-6(11-4-3-8)5-7(9)10-2/h6H,3-5H2,1-2H3. The summed E-state index contributed by atoms with van der Waals surface area (Å²) in [6.45, 7) is 1.55. The molecule has 0 saturated carbocycles. The Labute approximate surface area is 70.5 Å². The molecule has 1 atom stereocenters. The van der Waals surface area contributed by atoms with Gasteiger partial charge in [-0.05, 0) is 0 Å². The highest BCUT2D eigenvalue weighted by molar-refractivity contribution is 7.99. The number of halogens is 1. The number of carbonyl (C=O) groups is 1. The van der Waals surface area contributed by atoms with Gasteiger partial charge in [0.2, 0.25) is 0 Å². The topological polar surface area (TPSA) is 26.3 Å². The minimum Gasteiger partial charge on any atom is -0.469 e. The Hall–Kier alpha value is -0.250. The van der Waals surface area contributed by atoms with Crippen molar-refractivity contribution in [2.24, 2.45) is 0 Å². The normalized spacial score (nSPS) is 12.6. The summed E-state index contributed by atoms with van der Waals surface area (Å²) in [5.74, 6) is 0.224. The van der Waals surface area contributed by atoms with Crippen LogP contribution in [0.25, 0.3) is 0 Å². The molecule has 0 aliphatic heterocycles. The molecule has 0 saturated heterocycles. The van der Waals surface area contributed by atoms with E-state index in [1.165, 1.54) is 18.9 Å².